The normalized spacial score (nSPS) is 21.7. The number of benzene rings is 1. The molecule has 2 rings (SSSR count). The summed E-state index contributed by atoms with van der Waals surface area (Å²) < 4.78 is 5.31. The van der Waals surface area contributed by atoms with Gasteiger partial charge in [-0.1, -0.05) is 23.7 Å². The first-order valence-corrected chi connectivity index (χ1v) is 7.49. The summed E-state index contributed by atoms with van der Waals surface area (Å²) in [5.74, 6) is -2.24. The number of carboxylic acids is 1. The van der Waals surface area contributed by atoms with Crippen LogP contribution in [0, 0.1) is 5.92 Å². The van der Waals surface area contributed by atoms with Crippen LogP contribution in [-0.4, -0.2) is 35.7 Å². The van der Waals surface area contributed by atoms with Gasteiger partial charge in [0.25, 0.3) is 0 Å². The highest BCUT2D eigenvalue weighted by Gasteiger charge is 2.38. The Morgan fingerprint density at radius 2 is 1.82 bits per heavy atom. The molecule has 0 N–H and O–H groups in total. The van der Waals surface area contributed by atoms with Gasteiger partial charge in [0.2, 0.25) is 0 Å². The molecular formula is C16H19ClNO4-. The van der Waals surface area contributed by atoms with Gasteiger partial charge < -0.3 is 19.5 Å². The number of amides is 1. The molecule has 0 bridgehead atoms. The molecule has 0 aliphatic carbocycles. The average Bonchev–Trinajstić information content (AvgIpc) is 2.83. The molecule has 1 amide bonds. The van der Waals surface area contributed by atoms with Crippen LogP contribution in [0.15, 0.2) is 24.3 Å². The summed E-state index contributed by atoms with van der Waals surface area (Å²) in [6.45, 7) is 5.69. The van der Waals surface area contributed by atoms with Crippen molar-refractivity contribution in [3.63, 3.8) is 0 Å². The smallest absolute Gasteiger partial charge is 0.410 e. The zero-order valence-corrected chi connectivity index (χ0v) is 13.6. The Morgan fingerprint density at radius 1 is 1.23 bits per heavy atom. The van der Waals surface area contributed by atoms with E-state index >= 15 is 0 Å². The summed E-state index contributed by atoms with van der Waals surface area (Å²) in [5, 5.41) is 12.0. The van der Waals surface area contributed by atoms with Crippen molar-refractivity contribution in [2.45, 2.75) is 32.3 Å². The Labute approximate surface area is 134 Å². The molecule has 0 saturated carbocycles. The summed E-state index contributed by atoms with van der Waals surface area (Å²) >= 11 is 5.86. The molecule has 1 heterocycles. The quantitative estimate of drug-likeness (QED) is 0.834. The fraction of sp³-hybridized carbons (Fsp3) is 0.500. The Kier molecular flexibility index (Phi) is 4.66. The van der Waals surface area contributed by atoms with Crippen molar-refractivity contribution in [2.24, 2.45) is 5.92 Å². The van der Waals surface area contributed by atoms with Crippen LogP contribution in [0.4, 0.5) is 4.79 Å². The molecular weight excluding hydrogens is 306 g/mol. The second-order valence-corrected chi connectivity index (χ2v) is 6.91. The number of carboxylic acid groups (broad SMARTS) is 1. The zero-order chi connectivity index (χ0) is 16.5. The van der Waals surface area contributed by atoms with E-state index in [0.29, 0.717) is 5.02 Å². The van der Waals surface area contributed by atoms with E-state index in [0.717, 1.165) is 5.56 Å². The highest BCUT2D eigenvalue weighted by atomic mass is 35.5. The monoisotopic (exact) mass is 324 g/mol. The summed E-state index contributed by atoms with van der Waals surface area (Å²) in [6.07, 6.45) is -0.504. The van der Waals surface area contributed by atoms with Crippen LogP contribution in [0.1, 0.15) is 32.3 Å². The number of hydrogen-bond acceptors (Lipinski definition) is 4. The van der Waals surface area contributed by atoms with Gasteiger partial charge in [0.05, 0.1) is 0 Å². The van der Waals surface area contributed by atoms with Gasteiger partial charge in [-0.15, -0.1) is 0 Å². The number of hydrogen-bond donors (Lipinski definition) is 0. The number of nitrogens with zero attached hydrogens (tertiary/aromatic N) is 1. The minimum absolute atomic E-state index is 0.0878. The molecule has 0 radical (unpaired) electrons. The van der Waals surface area contributed by atoms with Crippen LogP contribution in [0.25, 0.3) is 0 Å². The van der Waals surface area contributed by atoms with Gasteiger partial charge >= 0.3 is 6.09 Å². The predicted octanol–water partition coefficient (Wildman–Crippen LogP) is 2.04. The van der Waals surface area contributed by atoms with E-state index in [2.05, 4.69) is 0 Å². The van der Waals surface area contributed by atoms with E-state index in [1.54, 1.807) is 45.0 Å². The summed E-state index contributed by atoms with van der Waals surface area (Å²) in [4.78, 5) is 24.9. The van der Waals surface area contributed by atoms with Crippen molar-refractivity contribution in [1.82, 2.24) is 4.90 Å². The highest BCUT2D eigenvalue weighted by molar-refractivity contribution is 6.30. The standard InChI is InChI=1S/C16H20ClNO4/c1-16(2,3)22-15(21)18-8-12(13(9-18)14(19)20)10-4-6-11(17)7-5-10/h4-7,12-13H,8-9H2,1-3H3,(H,19,20)/p-1/t12-,13+/m0/s1. The van der Waals surface area contributed by atoms with E-state index in [4.69, 9.17) is 16.3 Å². The van der Waals surface area contributed by atoms with Gasteiger partial charge in [-0.25, -0.2) is 4.79 Å². The third-order valence-electron chi connectivity index (χ3n) is 3.57. The lowest BCUT2D eigenvalue weighted by Gasteiger charge is -2.24. The number of likely N-dealkylation sites (tertiary alicyclic amines) is 1. The molecule has 1 saturated heterocycles. The average molecular weight is 325 g/mol. The largest absolute Gasteiger partial charge is 0.550 e. The number of halogens is 1. The number of aliphatic carboxylic acids is 1. The molecule has 1 aliphatic rings. The topological polar surface area (TPSA) is 69.7 Å². The van der Waals surface area contributed by atoms with Crippen molar-refractivity contribution in [2.75, 3.05) is 13.1 Å². The van der Waals surface area contributed by atoms with Crippen molar-refractivity contribution in [1.29, 1.82) is 0 Å². The molecule has 0 aromatic heterocycles. The number of carbonyl (C=O) groups excluding carboxylic acids is 2. The van der Waals surface area contributed by atoms with E-state index in [1.165, 1.54) is 4.90 Å². The van der Waals surface area contributed by atoms with Crippen molar-refractivity contribution in [3.8, 4) is 0 Å². The third kappa shape index (κ3) is 3.91. The first-order valence-electron chi connectivity index (χ1n) is 7.11. The Bertz CT molecular complexity index is 565. The summed E-state index contributed by atoms with van der Waals surface area (Å²) in [5.41, 5.74) is 0.205. The highest BCUT2D eigenvalue weighted by Crippen LogP contribution is 2.33. The molecule has 120 valence electrons. The van der Waals surface area contributed by atoms with Gasteiger partial charge in [0.15, 0.2) is 0 Å². The minimum atomic E-state index is -1.16. The third-order valence-corrected chi connectivity index (χ3v) is 3.82. The fourth-order valence-corrected chi connectivity index (χ4v) is 2.69. The maximum atomic E-state index is 12.1. The molecule has 1 fully saturated rings. The second kappa shape index (κ2) is 6.16. The van der Waals surface area contributed by atoms with Gasteiger partial charge in [-0.3, -0.25) is 0 Å². The summed E-state index contributed by atoms with van der Waals surface area (Å²) in [7, 11) is 0. The van der Waals surface area contributed by atoms with E-state index < -0.39 is 23.6 Å². The summed E-state index contributed by atoms with van der Waals surface area (Å²) in [6, 6.07) is 6.97. The van der Waals surface area contributed by atoms with Gasteiger partial charge in [0.1, 0.15) is 5.60 Å². The molecule has 22 heavy (non-hydrogen) atoms. The van der Waals surface area contributed by atoms with Gasteiger partial charge in [-0.2, -0.15) is 0 Å². The Balaban J connectivity index is 2.18. The number of ether oxygens (including phenoxy) is 1. The van der Waals surface area contributed by atoms with E-state index in [-0.39, 0.29) is 19.0 Å². The second-order valence-electron chi connectivity index (χ2n) is 6.47. The lowest BCUT2D eigenvalue weighted by molar-refractivity contribution is -0.311. The molecule has 1 aromatic rings. The Hall–Kier alpha value is -1.75. The molecule has 0 spiro atoms. The van der Waals surface area contributed by atoms with Crippen LogP contribution in [0.3, 0.4) is 0 Å². The van der Waals surface area contributed by atoms with Crippen LogP contribution in [0.2, 0.25) is 5.02 Å². The van der Waals surface area contributed by atoms with E-state index in [9.17, 15) is 14.7 Å². The molecule has 2 atom stereocenters. The first-order chi connectivity index (χ1) is 10.2. The van der Waals surface area contributed by atoms with Crippen LogP contribution < -0.4 is 5.11 Å². The zero-order valence-electron chi connectivity index (χ0n) is 12.8. The maximum Gasteiger partial charge on any atom is 0.410 e. The molecule has 6 heteroatoms. The predicted molar refractivity (Wildman–Crippen MR) is 80.5 cm³/mol. The minimum Gasteiger partial charge on any atom is -0.550 e. The molecule has 1 aliphatic heterocycles. The lowest BCUT2D eigenvalue weighted by atomic mass is 9.89. The maximum absolute atomic E-state index is 12.1. The molecule has 1 aromatic carbocycles. The first kappa shape index (κ1) is 16.6. The van der Waals surface area contributed by atoms with Crippen LogP contribution >= 0.6 is 11.6 Å². The lowest BCUT2D eigenvalue weighted by Crippen LogP contribution is -2.38. The van der Waals surface area contributed by atoms with Gasteiger partial charge in [-0.05, 0) is 38.5 Å². The molecule has 5 nitrogen and oxygen atoms in total. The van der Waals surface area contributed by atoms with Gasteiger partial charge in [0, 0.05) is 35.9 Å². The van der Waals surface area contributed by atoms with Crippen molar-refractivity contribution < 1.29 is 19.4 Å². The van der Waals surface area contributed by atoms with E-state index in [1.807, 2.05) is 0 Å². The number of rotatable bonds is 2. The SMILES string of the molecule is CC(C)(C)OC(=O)N1C[C@@H](C(=O)[O-])[C@H](c2ccc(Cl)cc2)C1. The van der Waals surface area contributed by atoms with Crippen LogP contribution in [0.5, 0.6) is 0 Å². The Morgan fingerprint density at radius 3 is 2.32 bits per heavy atom. The van der Waals surface area contributed by atoms with Crippen molar-refractivity contribution >= 4 is 23.7 Å². The number of carbonyl (C=O) groups is 2. The van der Waals surface area contributed by atoms with Crippen LogP contribution in [-0.2, 0) is 9.53 Å². The molecule has 0 unspecified atom stereocenters. The fourth-order valence-electron chi connectivity index (χ4n) is 2.57. The van der Waals surface area contributed by atoms with Crippen molar-refractivity contribution in [3.05, 3.63) is 34.9 Å².